The molecule has 0 spiro atoms. The molecule has 0 aromatic rings. The maximum Gasteiger partial charge on any atom is 0.302 e. The van der Waals surface area contributed by atoms with E-state index in [9.17, 15) is 4.79 Å². The minimum absolute atomic E-state index is 0.0944. The number of hydrogen-bond donors (Lipinski definition) is 1. The van der Waals surface area contributed by atoms with Gasteiger partial charge in [-0.1, -0.05) is 6.08 Å². The summed E-state index contributed by atoms with van der Waals surface area (Å²) in [5, 5.41) is 8.41. The number of carboxylic acid groups (broad SMARTS) is 1. The highest BCUT2D eigenvalue weighted by molar-refractivity contribution is 6.22. The molecular weight excluding hydrogens is 132 g/mol. The second kappa shape index (κ2) is 4.32. The second-order valence-corrected chi connectivity index (χ2v) is 3.50. The molecule has 0 saturated heterocycles. The Morgan fingerprint density at radius 1 is 1.89 bits per heavy atom. The first-order chi connectivity index (χ1) is 4.18. The van der Waals surface area contributed by atoms with Crippen molar-refractivity contribution in [3.05, 3.63) is 12.7 Å². The van der Waals surface area contributed by atoms with Crippen LogP contribution in [0.4, 0.5) is 0 Å². The van der Waals surface area contributed by atoms with Gasteiger partial charge in [-0.15, -0.1) is 6.58 Å². The molecule has 3 heteroatoms. The maximum atomic E-state index is 10.2. The first-order valence-electron chi connectivity index (χ1n) is 3.02. The molecule has 0 bridgehead atoms. The van der Waals surface area contributed by atoms with Crippen molar-refractivity contribution in [2.75, 3.05) is 0 Å². The van der Waals surface area contributed by atoms with Gasteiger partial charge < -0.3 is 5.11 Å². The molecule has 0 aliphatic heterocycles. The average molecular weight is 144 g/mol. The Labute approximate surface area is 58.0 Å². The summed E-state index contributed by atoms with van der Waals surface area (Å²) >= 11 is 0. The Bertz CT molecular complexity index is 112. The summed E-state index contributed by atoms with van der Waals surface area (Å²) in [6.07, 6.45) is 3.33. The minimum atomic E-state index is -0.663. The van der Waals surface area contributed by atoms with Gasteiger partial charge in [0.2, 0.25) is 0 Å². The number of allylic oxidation sites excluding steroid dienone is 1. The Morgan fingerprint density at radius 2 is 2.44 bits per heavy atom. The Balaban J connectivity index is 3.37. The van der Waals surface area contributed by atoms with E-state index in [2.05, 4.69) is 6.58 Å². The minimum Gasteiger partial charge on any atom is -0.481 e. The highest BCUT2D eigenvalue weighted by Crippen LogP contribution is 2.07. The van der Waals surface area contributed by atoms with Crippen molar-refractivity contribution in [3.8, 4) is 0 Å². The molecule has 0 aliphatic carbocycles. The number of carboxylic acids is 1. The molecule has 0 radical (unpaired) electrons. The van der Waals surface area contributed by atoms with E-state index >= 15 is 0 Å². The molecular formula is C6H12O2Si. The molecule has 52 valence electrons. The van der Waals surface area contributed by atoms with Gasteiger partial charge in [0, 0.05) is 15.8 Å². The van der Waals surface area contributed by atoms with E-state index in [-0.39, 0.29) is 5.54 Å². The molecule has 2 nitrogen and oxygen atoms in total. The zero-order valence-electron chi connectivity index (χ0n) is 5.63. The fourth-order valence-electron chi connectivity index (χ4n) is 0.491. The Hall–Kier alpha value is -0.573. The van der Waals surface area contributed by atoms with Crippen molar-refractivity contribution in [1.29, 1.82) is 0 Å². The van der Waals surface area contributed by atoms with Crippen LogP contribution in [0.25, 0.3) is 0 Å². The third kappa shape index (κ3) is 3.97. The molecule has 1 unspecified atom stereocenters. The summed E-state index contributed by atoms with van der Waals surface area (Å²) in [7, 11) is 0.741. The summed E-state index contributed by atoms with van der Waals surface area (Å²) in [6, 6.07) is 0. The summed E-state index contributed by atoms with van der Waals surface area (Å²) in [5.41, 5.74) is -0.0944. The van der Waals surface area contributed by atoms with Crippen molar-refractivity contribution < 1.29 is 9.90 Å². The monoisotopic (exact) mass is 144 g/mol. The standard InChI is InChI=1S/C6H12O2Si/c1-2-3-4-5(9)6(7)8/h2,5H,1,3-4H2,9H3,(H,7,8). The van der Waals surface area contributed by atoms with E-state index in [1.807, 2.05) is 0 Å². The summed E-state index contributed by atoms with van der Waals surface area (Å²) in [5.74, 6) is -0.663. The molecule has 0 aromatic carbocycles. The van der Waals surface area contributed by atoms with Crippen LogP contribution < -0.4 is 0 Å². The van der Waals surface area contributed by atoms with Crippen LogP contribution in [0.3, 0.4) is 0 Å². The molecule has 1 atom stereocenters. The number of carbonyl (C=O) groups is 1. The lowest BCUT2D eigenvalue weighted by molar-refractivity contribution is -0.136. The van der Waals surface area contributed by atoms with Crippen molar-refractivity contribution >= 4 is 16.2 Å². The molecule has 9 heavy (non-hydrogen) atoms. The van der Waals surface area contributed by atoms with E-state index in [4.69, 9.17) is 5.11 Å². The number of hydrogen-bond acceptors (Lipinski definition) is 1. The quantitative estimate of drug-likeness (QED) is 0.452. The van der Waals surface area contributed by atoms with Gasteiger partial charge in [0.1, 0.15) is 0 Å². The predicted octanol–water partition coefficient (Wildman–Crippen LogP) is 0.191. The van der Waals surface area contributed by atoms with Gasteiger partial charge in [-0.3, -0.25) is 4.79 Å². The molecule has 0 heterocycles. The van der Waals surface area contributed by atoms with Crippen LogP contribution in [-0.2, 0) is 4.79 Å². The summed E-state index contributed by atoms with van der Waals surface area (Å²) < 4.78 is 0. The van der Waals surface area contributed by atoms with Crippen LogP contribution in [0.5, 0.6) is 0 Å². The number of aliphatic carboxylic acids is 1. The molecule has 0 amide bonds. The Kier molecular flexibility index (Phi) is 4.04. The van der Waals surface area contributed by atoms with Crippen molar-refractivity contribution in [2.24, 2.45) is 0 Å². The highest BCUT2D eigenvalue weighted by atomic mass is 28.1. The van der Waals surface area contributed by atoms with Crippen LogP contribution in [0.1, 0.15) is 12.8 Å². The van der Waals surface area contributed by atoms with Crippen LogP contribution in [0.2, 0.25) is 5.54 Å². The van der Waals surface area contributed by atoms with E-state index in [1.165, 1.54) is 0 Å². The molecule has 0 aromatic heterocycles. The average Bonchev–Trinajstić information content (AvgIpc) is 1.82. The lowest BCUT2D eigenvalue weighted by atomic mass is 10.2. The number of rotatable bonds is 4. The Morgan fingerprint density at radius 3 is 2.78 bits per heavy atom. The molecule has 0 rings (SSSR count). The lowest BCUT2D eigenvalue weighted by Crippen LogP contribution is -2.06. The zero-order chi connectivity index (χ0) is 7.28. The third-order valence-corrected chi connectivity index (χ3v) is 2.30. The summed E-state index contributed by atoms with van der Waals surface area (Å²) in [6.45, 7) is 3.51. The summed E-state index contributed by atoms with van der Waals surface area (Å²) in [4.78, 5) is 10.2. The van der Waals surface area contributed by atoms with Crippen molar-refractivity contribution in [2.45, 2.75) is 18.4 Å². The topological polar surface area (TPSA) is 37.3 Å². The highest BCUT2D eigenvalue weighted by Gasteiger charge is 2.07. The van der Waals surface area contributed by atoms with Gasteiger partial charge in [0.15, 0.2) is 0 Å². The van der Waals surface area contributed by atoms with E-state index in [1.54, 1.807) is 6.08 Å². The van der Waals surface area contributed by atoms with Gasteiger partial charge in [-0.05, 0) is 12.8 Å². The molecule has 1 N–H and O–H groups in total. The van der Waals surface area contributed by atoms with E-state index in [0.29, 0.717) is 0 Å². The van der Waals surface area contributed by atoms with Crippen LogP contribution in [-0.4, -0.2) is 21.3 Å². The fraction of sp³-hybridized carbons (Fsp3) is 0.500. The maximum absolute atomic E-state index is 10.2. The molecule has 0 saturated carbocycles. The van der Waals surface area contributed by atoms with Gasteiger partial charge >= 0.3 is 5.97 Å². The van der Waals surface area contributed by atoms with Gasteiger partial charge in [0.25, 0.3) is 0 Å². The first kappa shape index (κ1) is 8.43. The van der Waals surface area contributed by atoms with Crippen molar-refractivity contribution in [3.63, 3.8) is 0 Å². The fourth-order valence-corrected chi connectivity index (χ4v) is 0.825. The van der Waals surface area contributed by atoms with E-state index < -0.39 is 5.97 Å². The van der Waals surface area contributed by atoms with Crippen LogP contribution >= 0.6 is 0 Å². The third-order valence-electron chi connectivity index (χ3n) is 1.23. The van der Waals surface area contributed by atoms with Crippen LogP contribution in [0, 0.1) is 0 Å². The van der Waals surface area contributed by atoms with Crippen molar-refractivity contribution in [1.82, 2.24) is 0 Å². The first-order valence-corrected chi connectivity index (χ1v) is 4.17. The van der Waals surface area contributed by atoms with E-state index in [0.717, 1.165) is 23.1 Å². The molecule has 0 fully saturated rings. The largest absolute Gasteiger partial charge is 0.481 e. The zero-order valence-corrected chi connectivity index (χ0v) is 7.63. The van der Waals surface area contributed by atoms with Crippen LogP contribution in [0.15, 0.2) is 12.7 Å². The SMILES string of the molecule is C=CCCC([SiH3])C(=O)O. The van der Waals surface area contributed by atoms with Gasteiger partial charge in [-0.2, -0.15) is 0 Å². The van der Waals surface area contributed by atoms with Gasteiger partial charge in [0.05, 0.1) is 0 Å². The van der Waals surface area contributed by atoms with Gasteiger partial charge in [-0.25, -0.2) is 0 Å². The second-order valence-electron chi connectivity index (χ2n) is 2.11. The molecule has 0 aliphatic rings. The predicted molar refractivity (Wildman–Crippen MR) is 40.8 cm³/mol. The normalized spacial score (nSPS) is 12.9. The smallest absolute Gasteiger partial charge is 0.302 e. The lowest BCUT2D eigenvalue weighted by Gasteiger charge is -2.00.